The number of carbonyl (C=O) groups excluding carboxylic acids is 4. The minimum absolute atomic E-state index is 0.00927. The Morgan fingerprint density at radius 1 is 0.607 bits per heavy atom. The number of carbonyl (C=O) groups is 6. The van der Waals surface area contributed by atoms with Gasteiger partial charge < -0.3 is 35.6 Å². The van der Waals surface area contributed by atoms with Gasteiger partial charge in [0.05, 0.1) is 19.8 Å². The second-order valence-corrected chi connectivity index (χ2v) is 16.7. The molecule has 1 rings (SSSR count). The number of amides is 3. The number of carboxylic acids is 2. The zero-order valence-corrected chi connectivity index (χ0v) is 35.1. The Morgan fingerprint density at radius 2 is 1.09 bits per heavy atom. The largest absolute Gasteiger partial charge is 0.481 e. The lowest BCUT2D eigenvalue weighted by Crippen LogP contribution is -2.45. The summed E-state index contributed by atoms with van der Waals surface area (Å²) < 4.78 is 10.7. The smallest absolute Gasteiger partial charge is 0.326 e. The zero-order chi connectivity index (χ0) is 41.4. The van der Waals surface area contributed by atoms with E-state index in [0.29, 0.717) is 38.1 Å². The van der Waals surface area contributed by atoms with Crippen molar-refractivity contribution in [2.45, 2.75) is 181 Å². The first kappa shape index (κ1) is 51.0. The van der Waals surface area contributed by atoms with E-state index in [9.17, 15) is 33.9 Å². The highest BCUT2D eigenvalue weighted by Gasteiger charge is 2.30. The molecule has 3 amide bonds. The molecule has 0 bridgehead atoms. The average molecular weight is 796 g/mol. The van der Waals surface area contributed by atoms with E-state index in [-0.39, 0.29) is 75.2 Å². The number of rotatable bonds is 35. The molecule has 1 fully saturated rings. The molecule has 56 heavy (non-hydrogen) atoms. The van der Waals surface area contributed by atoms with Crippen molar-refractivity contribution in [1.29, 1.82) is 0 Å². The van der Waals surface area contributed by atoms with Gasteiger partial charge in [-0.1, -0.05) is 111 Å². The molecule has 0 spiro atoms. The van der Waals surface area contributed by atoms with Crippen LogP contribution >= 0.6 is 0 Å². The molecule has 1 aliphatic rings. The van der Waals surface area contributed by atoms with Crippen molar-refractivity contribution >= 4 is 35.4 Å². The number of Topliss-reactive ketones (excluding diaryl/α,β-unsaturated/α-hetero) is 1. The third-order valence-electron chi connectivity index (χ3n) is 10.6. The fourth-order valence-electron chi connectivity index (χ4n) is 6.79. The number of unbranched alkanes of at least 4 members (excludes halogenated alkanes) is 15. The third kappa shape index (κ3) is 28.4. The molecule has 0 unspecified atom stereocenters. The van der Waals surface area contributed by atoms with Crippen LogP contribution in [0.25, 0.3) is 0 Å². The van der Waals surface area contributed by atoms with E-state index >= 15 is 0 Å². The summed E-state index contributed by atoms with van der Waals surface area (Å²) in [6.07, 6.45) is 22.5. The molecule has 0 aromatic carbocycles. The lowest BCUT2D eigenvalue weighted by Gasteiger charge is -2.28. The fraction of sp³-hybridized carbons (Fsp3) is 0.860. The molecule has 5 N–H and O–H groups in total. The summed E-state index contributed by atoms with van der Waals surface area (Å²) in [5, 5.41) is 26.7. The monoisotopic (exact) mass is 796 g/mol. The van der Waals surface area contributed by atoms with Crippen LogP contribution in [0, 0.1) is 17.3 Å². The molecule has 0 heterocycles. The van der Waals surface area contributed by atoms with Gasteiger partial charge in [-0.2, -0.15) is 0 Å². The Bertz CT molecular complexity index is 1120. The van der Waals surface area contributed by atoms with E-state index < -0.39 is 23.4 Å². The fourth-order valence-corrected chi connectivity index (χ4v) is 6.79. The number of ether oxygens (including phenoxy) is 2. The van der Waals surface area contributed by atoms with Crippen LogP contribution in [0.15, 0.2) is 0 Å². The summed E-state index contributed by atoms with van der Waals surface area (Å²) in [6, 6.07) is -1.15. The topological polar surface area (TPSA) is 197 Å². The first-order chi connectivity index (χ1) is 26.8. The van der Waals surface area contributed by atoms with Gasteiger partial charge in [-0.05, 0) is 50.9 Å². The van der Waals surface area contributed by atoms with Crippen molar-refractivity contribution in [1.82, 2.24) is 16.0 Å². The van der Waals surface area contributed by atoms with Crippen LogP contribution in [0.5, 0.6) is 0 Å². The Labute approximate surface area is 336 Å². The third-order valence-corrected chi connectivity index (χ3v) is 10.6. The predicted molar refractivity (Wildman–Crippen MR) is 217 cm³/mol. The molecule has 0 aromatic rings. The summed E-state index contributed by atoms with van der Waals surface area (Å²) in [5.74, 6) is -2.38. The molecule has 13 nitrogen and oxygen atoms in total. The number of hydrogen-bond donors (Lipinski definition) is 5. The second-order valence-electron chi connectivity index (χ2n) is 16.7. The van der Waals surface area contributed by atoms with Crippen molar-refractivity contribution in [3.8, 4) is 0 Å². The van der Waals surface area contributed by atoms with Crippen molar-refractivity contribution < 1.29 is 48.5 Å². The molecule has 13 heteroatoms. The lowest BCUT2D eigenvalue weighted by molar-refractivity contribution is -0.143. The van der Waals surface area contributed by atoms with Crippen LogP contribution in [0.1, 0.15) is 175 Å². The molecule has 1 atom stereocenters. The molecule has 1 aliphatic carbocycles. The number of aliphatic carboxylic acids is 2. The maximum absolute atomic E-state index is 12.9. The van der Waals surface area contributed by atoms with Crippen molar-refractivity contribution in [2.24, 2.45) is 17.3 Å². The summed E-state index contributed by atoms with van der Waals surface area (Å²) >= 11 is 0. The molecule has 324 valence electrons. The quantitative estimate of drug-likeness (QED) is 0.0412. The minimum atomic E-state index is -1.18. The number of carboxylic acid groups (broad SMARTS) is 2. The normalized spacial score (nSPS) is 16.2. The minimum Gasteiger partial charge on any atom is -0.481 e. The SMILES string of the molecule is CC(C)(C)C(=O)COCCOCCNC(=O)CC[C@H](NC(=O)[C@H]1CC[C@H](CNC(=O)CCCCCCCCCCCCCCCCCCC(=O)O)CC1)C(=O)O. The Morgan fingerprint density at radius 3 is 1.59 bits per heavy atom. The summed E-state index contributed by atoms with van der Waals surface area (Å²) in [4.78, 5) is 71.7. The summed E-state index contributed by atoms with van der Waals surface area (Å²) in [7, 11) is 0. The zero-order valence-electron chi connectivity index (χ0n) is 35.1. The van der Waals surface area contributed by atoms with E-state index in [1.165, 1.54) is 64.2 Å². The molecular formula is C43H77N3O10. The van der Waals surface area contributed by atoms with Crippen molar-refractivity contribution in [3.63, 3.8) is 0 Å². The first-order valence-electron chi connectivity index (χ1n) is 21.8. The van der Waals surface area contributed by atoms with Gasteiger partial charge in [0.25, 0.3) is 0 Å². The van der Waals surface area contributed by atoms with E-state index in [4.69, 9.17) is 14.6 Å². The van der Waals surface area contributed by atoms with Crippen LogP contribution in [0.2, 0.25) is 0 Å². The molecular weight excluding hydrogens is 718 g/mol. The number of ketones is 1. The van der Waals surface area contributed by atoms with Crippen LogP contribution in [0.4, 0.5) is 0 Å². The Hall–Kier alpha value is -3.06. The van der Waals surface area contributed by atoms with Crippen molar-refractivity contribution in [2.75, 3.05) is 39.5 Å². The van der Waals surface area contributed by atoms with Crippen LogP contribution in [-0.2, 0) is 38.2 Å². The van der Waals surface area contributed by atoms with E-state index in [1.807, 2.05) is 20.8 Å². The van der Waals surface area contributed by atoms with E-state index in [1.54, 1.807) is 0 Å². The van der Waals surface area contributed by atoms with Gasteiger partial charge in [0, 0.05) is 43.7 Å². The van der Waals surface area contributed by atoms with Crippen LogP contribution < -0.4 is 16.0 Å². The summed E-state index contributed by atoms with van der Waals surface area (Å²) in [5.41, 5.74) is -0.451. The number of hydrogen-bond acceptors (Lipinski definition) is 8. The van der Waals surface area contributed by atoms with Crippen LogP contribution in [0.3, 0.4) is 0 Å². The van der Waals surface area contributed by atoms with E-state index in [2.05, 4.69) is 16.0 Å². The molecule has 1 saturated carbocycles. The van der Waals surface area contributed by atoms with Crippen LogP contribution in [-0.4, -0.2) is 91.2 Å². The van der Waals surface area contributed by atoms with Gasteiger partial charge in [0.15, 0.2) is 5.78 Å². The highest BCUT2D eigenvalue weighted by Crippen LogP contribution is 2.29. The first-order valence-corrected chi connectivity index (χ1v) is 21.8. The molecule has 0 saturated heterocycles. The second kappa shape index (κ2) is 32.0. The maximum Gasteiger partial charge on any atom is 0.326 e. The van der Waals surface area contributed by atoms with Crippen molar-refractivity contribution in [3.05, 3.63) is 0 Å². The Kier molecular flexibility index (Phi) is 29.1. The van der Waals surface area contributed by atoms with Gasteiger partial charge in [-0.25, -0.2) is 4.79 Å². The average Bonchev–Trinajstić information content (AvgIpc) is 3.15. The molecule has 0 aromatic heterocycles. The standard InChI is InChI=1S/C43H77N3O10/c1-43(2,3)37(47)33-56-31-30-55-29-28-44-39(49)27-26-36(42(53)54)46-41(52)35-24-22-34(23-25-35)32-45-38(48)20-18-16-14-12-10-8-6-4-5-7-9-11-13-15-17-19-21-40(50)51/h34-36H,4-33H2,1-3H3,(H,44,49)(H,45,48)(H,46,52)(H,50,51)(H,53,54)/t34-,35-,36-/m0/s1. The van der Waals surface area contributed by atoms with E-state index in [0.717, 1.165) is 51.4 Å². The molecule has 0 aliphatic heterocycles. The highest BCUT2D eigenvalue weighted by molar-refractivity contribution is 5.86. The predicted octanol–water partition coefficient (Wildman–Crippen LogP) is 7.13. The number of nitrogens with one attached hydrogen (secondary N) is 3. The molecule has 0 radical (unpaired) electrons. The Balaban J connectivity index is 2.02. The summed E-state index contributed by atoms with van der Waals surface area (Å²) in [6.45, 7) is 7.17. The maximum atomic E-state index is 12.9. The highest BCUT2D eigenvalue weighted by atomic mass is 16.5. The lowest BCUT2D eigenvalue weighted by atomic mass is 9.81. The van der Waals surface area contributed by atoms with Gasteiger partial charge in [-0.15, -0.1) is 0 Å². The van der Waals surface area contributed by atoms with Gasteiger partial charge >= 0.3 is 11.9 Å². The van der Waals surface area contributed by atoms with Gasteiger partial charge in [0.2, 0.25) is 17.7 Å². The van der Waals surface area contributed by atoms with Gasteiger partial charge in [0.1, 0.15) is 12.6 Å². The van der Waals surface area contributed by atoms with Gasteiger partial charge in [-0.3, -0.25) is 24.0 Å².